The second-order valence-electron chi connectivity index (χ2n) is 4.76. The van der Waals surface area contributed by atoms with Crippen LogP contribution in [0.15, 0.2) is 23.8 Å². The SMILES string of the molecule is C[C@]12C[C@H](CC3=CCC=C[C@@H]31)C(=O)O2. The topological polar surface area (TPSA) is 26.3 Å². The van der Waals surface area contributed by atoms with Gasteiger partial charge in [-0.25, -0.2) is 0 Å². The number of carbonyl (C=O) groups excluding carboxylic acids is 1. The lowest BCUT2D eigenvalue weighted by atomic mass is 9.69. The van der Waals surface area contributed by atoms with Crippen molar-refractivity contribution in [2.24, 2.45) is 11.8 Å². The lowest BCUT2D eigenvalue weighted by Crippen LogP contribution is -2.37. The van der Waals surface area contributed by atoms with E-state index in [2.05, 4.69) is 25.2 Å². The average Bonchev–Trinajstić information content (AvgIpc) is 2.39. The number of esters is 1. The molecule has 1 saturated heterocycles. The summed E-state index contributed by atoms with van der Waals surface area (Å²) in [4.78, 5) is 11.5. The molecule has 2 aliphatic carbocycles. The van der Waals surface area contributed by atoms with Crippen LogP contribution in [0.4, 0.5) is 0 Å². The summed E-state index contributed by atoms with van der Waals surface area (Å²) in [5.41, 5.74) is 1.17. The average molecular weight is 190 g/mol. The van der Waals surface area contributed by atoms with Gasteiger partial charge in [0.1, 0.15) is 5.60 Å². The Morgan fingerprint density at radius 1 is 1.57 bits per heavy atom. The van der Waals surface area contributed by atoms with Gasteiger partial charge in [0.25, 0.3) is 0 Å². The van der Waals surface area contributed by atoms with Gasteiger partial charge in [0.2, 0.25) is 0 Å². The largest absolute Gasteiger partial charge is 0.458 e. The van der Waals surface area contributed by atoms with Gasteiger partial charge < -0.3 is 4.74 Å². The molecule has 0 radical (unpaired) electrons. The second-order valence-corrected chi connectivity index (χ2v) is 4.76. The van der Waals surface area contributed by atoms with Crippen LogP contribution in [0.2, 0.25) is 0 Å². The minimum Gasteiger partial charge on any atom is -0.458 e. The minimum absolute atomic E-state index is 0.0104. The summed E-state index contributed by atoms with van der Waals surface area (Å²) in [6.07, 6.45) is 9.48. The summed E-state index contributed by atoms with van der Waals surface area (Å²) in [7, 11) is 0. The fourth-order valence-electron chi connectivity index (χ4n) is 3.05. The van der Waals surface area contributed by atoms with Crippen molar-refractivity contribution in [3.05, 3.63) is 23.8 Å². The first-order valence-corrected chi connectivity index (χ1v) is 5.27. The molecule has 74 valence electrons. The van der Waals surface area contributed by atoms with E-state index in [-0.39, 0.29) is 17.5 Å². The number of hydrogen-bond acceptors (Lipinski definition) is 2. The van der Waals surface area contributed by atoms with Crippen LogP contribution in [0.1, 0.15) is 26.2 Å². The molecule has 0 aromatic rings. The highest BCUT2D eigenvalue weighted by molar-refractivity contribution is 5.77. The molecular formula is C12H14O2. The highest BCUT2D eigenvalue weighted by Crippen LogP contribution is 2.50. The fourth-order valence-corrected chi connectivity index (χ4v) is 3.05. The van der Waals surface area contributed by atoms with E-state index in [1.165, 1.54) is 5.57 Å². The van der Waals surface area contributed by atoms with Crippen molar-refractivity contribution in [2.45, 2.75) is 31.8 Å². The monoisotopic (exact) mass is 190 g/mol. The summed E-state index contributed by atoms with van der Waals surface area (Å²) in [5, 5.41) is 0. The maximum absolute atomic E-state index is 11.5. The molecule has 3 rings (SSSR count). The molecule has 1 heterocycles. The second kappa shape index (κ2) is 2.50. The molecule has 0 N–H and O–H groups in total. The maximum Gasteiger partial charge on any atom is 0.309 e. The molecule has 2 nitrogen and oxygen atoms in total. The van der Waals surface area contributed by atoms with Crippen LogP contribution in [-0.2, 0) is 9.53 Å². The number of carbonyl (C=O) groups is 1. The molecule has 14 heavy (non-hydrogen) atoms. The number of fused-ring (bicyclic) bond motifs is 4. The van der Waals surface area contributed by atoms with Gasteiger partial charge in [-0.15, -0.1) is 0 Å². The summed E-state index contributed by atoms with van der Waals surface area (Å²) < 4.78 is 5.51. The van der Waals surface area contributed by atoms with E-state index in [9.17, 15) is 4.79 Å². The highest BCUT2D eigenvalue weighted by atomic mass is 16.6. The van der Waals surface area contributed by atoms with E-state index < -0.39 is 0 Å². The number of hydrogen-bond donors (Lipinski definition) is 0. The number of allylic oxidation sites excluding steroid dienone is 2. The van der Waals surface area contributed by atoms with Crippen LogP contribution in [0, 0.1) is 11.8 Å². The molecule has 2 heteroatoms. The van der Waals surface area contributed by atoms with E-state index in [0.29, 0.717) is 5.92 Å². The van der Waals surface area contributed by atoms with E-state index in [0.717, 1.165) is 19.3 Å². The smallest absolute Gasteiger partial charge is 0.309 e. The van der Waals surface area contributed by atoms with Gasteiger partial charge in [-0.3, -0.25) is 4.79 Å². The van der Waals surface area contributed by atoms with Crippen LogP contribution < -0.4 is 0 Å². The third-order valence-electron chi connectivity index (χ3n) is 3.70. The van der Waals surface area contributed by atoms with Gasteiger partial charge in [-0.2, -0.15) is 0 Å². The molecule has 2 fully saturated rings. The van der Waals surface area contributed by atoms with Gasteiger partial charge >= 0.3 is 5.97 Å². The predicted molar refractivity (Wildman–Crippen MR) is 52.6 cm³/mol. The van der Waals surface area contributed by atoms with E-state index in [4.69, 9.17) is 4.74 Å². The van der Waals surface area contributed by atoms with Crippen molar-refractivity contribution >= 4 is 5.97 Å². The summed E-state index contributed by atoms with van der Waals surface area (Å²) >= 11 is 0. The Morgan fingerprint density at radius 3 is 3.29 bits per heavy atom. The van der Waals surface area contributed by atoms with Crippen molar-refractivity contribution in [3.63, 3.8) is 0 Å². The van der Waals surface area contributed by atoms with Crippen molar-refractivity contribution < 1.29 is 9.53 Å². The van der Waals surface area contributed by atoms with E-state index >= 15 is 0 Å². The Bertz CT molecular complexity index is 353. The van der Waals surface area contributed by atoms with Crippen LogP contribution in [0.5, 0.6) is 0 Å². The molecular weight excluding hydrogens is 176 g/mol. The van der Waals surface area contributed by atoms with Gasteiger partial charge in [0.15, 0.2) is 0 Å². The third-order valence-corrected chi connectivity index (χ3v) is 3.70. The van der Waals surface area contributed by atoms with E-state index in [1.807, 2.05) is 0 Å². The van der Waals surface area contributed by atoms with Crippen molar-refractivity contribution in [2.75, 3.05) is 0 Å². The zero-order chi connectivity index (χ0) is 9.76. The Kier molecular flexibility index (Phi) is 1.48. The minimum atomic E-state index is -0.247. The van der Waals surface area contributed by atoms with Crippen molar-refractivity contribution in [1.29, 1.82) is 0 Å². The van der Waals surface area contributed by atoms with Crippen LogP contribution in [-0.4, -0.2) is 11.6 Å². The fraction of sp³-hybridized carbons (Fsp3) is 0.583. The van der Waals surface area contributed by atoms with Crippen molar-refractivity contribution in [1.82, 2.24) is 0 Å². The van der Waals surface area contributed by atoms with Crippen molar-refractivity contribution in [3.8, 4) is 0 Å². The van der Waals surface area contributed by atoms with E-state index in [1.54, 1.807) is 0 Å². The first kappa shape index (κ1) is 8.27. The van der Waals surface area contributed by atoms with Gasteiger partial charge in [-0.05, 0) is 19.8 Å². The van der Waals surface area contributed by atoms with Gasteiger partial charge in [-0.1, -0.05) is 23.8 Å². The molecule has 0 unspecified atom stereocenters. The Morgan fingerprint density at radius 2 is 2.43 bits per heavy atom. The standard InChI is InChI=1S/C12H14O2/c1-12-7-9(11(13)14-12)6-8-4-2-3-5-10(8)12/h3-5,9-10H,2,6-7H2,1H3/t9-,10-,12-/m0/s1. The molecule has 2 bridgehead atoms. The zero-order valence-electron chi connectivity index (χ0n) is 8.32. The number of rotatable bonds is 0. The lowest BCUT2D eigenvalue weighted by molar-refractivity contribution is -0.149. The Balaban J connectivity index is 2.05. The molecule has 1 saturated carbocycles. The van der Waals surface area contributed by atoms with Gasteiger partial charge in [0.05, 0.1) is 5.92 Å². The highest BCUT2D eigenvalue weighted by Gasteiger charge is 2.53. The molecule has 0 spiro atoms. The molecule has 3 aliphatic rings. The number of ether oxygens (including phenoxy) is 1. The molecule has 0 amide bonds. The predicted octanol–water partition coefficient (Wildman–Crippen LogP) is 2.21. The molecule has 0 aromatic carbocycles. The Hall–Kier alpha value is -1.05. The van der Waals surface area contributed by atoms with Gasteiger partial charge in [0, 0.05) is 12.3 Å². The first-order valence-electron chi connectivity index (χ1n) is 5.27. The lowest BCUT2D eigenvalue weighted by Gasteiger charge is -2.36. The normalized spacial score (nSPS) is 44.4. The summed E-state index contributed by atoms with van der Waals surface area (Å²) in [6.45, 7) is 2.07. The molecule has 3 atom stereocenters. The maximum atomic E-state index is 11.5. The van der Waals surface area contributed by atoms with Crippen LogP contribution in [0.3, 0.4) is 0 Å². The van der Waals surface area contributed by atoms with Crippen LogP contribution >= 0.6 is 0 Å². The summed E-state index contributed by atoms with van der Waals surface area (Å²) in [5.74, 6) is 0.490. The Labute approximate surface area is 83.6 Å². The molecule has 0 aromatic heterocycles. The summed E-state index contributed by atoms with van der Waals surface area (Å²) in [6, 6.07) is 0. The third kappa shape index (κ3) is 0.941. The zero-order valence-corrected chi connectivity index (χ0v) is 8.32. The molecule has 1 aliphatic heterocycles. The quantitative estimate of drug-likeness (QED) is 0.432. The van der Waals surface area contributed by atoms with Crippen LogP contribution in [0.25, 0.3) is 0 Å². The first-order chi connectivity index (χ1) is 6.69.